The van der Waals surface area contributed by atoms with E-state index in [1.807, 2.05) is 37.3 Å². The summed E-state index contributed by atoms with van der Waals surface area (Å²) < 4.78 is 12.9. The van der Waals surface area contributed by atoms with E-state index in [9.17, 15) is 4.79 Å². The van der Waals surface area contributed by atoms with Gasteiger partial charge in [-0.15, -0.1) is 0 Å². The van der Waals surface area contributed by atoms with Crippen LogP contribution in [-0.2, 0) is 13.7 Å². The summed E-state index contributed by atoms with van der Waals surface area (Å²) in [5.41, 5.74) is 3.26. The summed E-state index contributed by atoms with van der Waals surface area (Å²) in [5.74, 6) is 1.38. The molecule has 0 N–H and O–H groups in total. The van der Waals surface area contributed by atoms with E-state index < -0.39 is 0 Å². The highest BCUT2D eigenvalue weighted by Gasteiger charge is 2.08. The number of hydrogen-bond donors (Lipinski definition) is 0. The smallest absolute Gasteiger partial charge is 0.203 e. The molecule has 3 aromatic rings. The zero-order valence-corrected chi connectivity index (χ0v) is 16.7. The molecular formula is C22H21ClN2O3. The lowest BCUT2D eigenvalue weighted by Gasteiger charge is -2.13. The Kier molecular flexibility index (Phi) is 6.16. The molecule has 0 saturated heterocycles. The summed E-state index contributed by atoms with van der Waals surface area (Å²) in [7, 11) is 3.36. The van der Waals surface area contributed by atoms with Gasteiger partial charge in [0.05, 0.1) is 7.11 Å². The van der Waals surface area contributed by atoms with Crippen LogP contribution in [0.3, 0.4) is 0 Å². The zero-order valence-electron chi connectivity index (χ0n) is 16.0. The number of benzene rings is 2. The number of aromatic nitrogens is 2. The molecule has 5 nitrogen and oxygen atoms in total. The first-order valence-corrected chi connectivity index (χ1v) is 9.12. The van der Waals surface area contributed by atoms with Crippen molar-refractivity contribution in [1.29, 1.82) is 0 Å². The van der Waals surface area contributed by atoms with Crippen molar-refractivity contribution in [2.45, 2.75) is 13.5 Å². The third kappa shape index (κ3) is 4.61. The molecule has 0 aliphatic heterocycles. The summed E-state index contributed by atoms with van der Waals surface area (Å²) in [6.07, 6.45) is 4.90. The first-order chi connectivity index (χ1) is 13.5. The highest BCUT2D eigenvalue weighted by atomic mass is 35.5. The van der Waals surface area contributed by atoms with Crippen LogP contribution in [0.15, 0.2) is 54.7 Å². The molecule has 28 heavy (non-hydrogen) atoms. The molecule has 0 amide bonds. The number of methoxy groups -OCH3 is 1. The van der Waals surface area contributed by atoms with E-state index in [1.165, 1.54) is 6.08 Å². The summed E-state index contributed by atoms with van der Waals surface area (Å²) in [5, 5.41) is 4.69. The molecule has 0 aliphatic rings. The van der Waals surface area contributed by atoms with E-state index in [1.54, 1.807) is 43.2 Å². The number of carbonyl (C=O) groups excluding carboxylic acids is 1. The second-order valence-corrected chi connectivity index (χ2v) is 6.74. The van der Waals surface area contributed by atoms with Crippen molar-refractivity contribution in [2.75, 3.05) is 7.11 Å². The molecule has 0 saturated carbocycles. The van der Waals surface area contributed by atoms with Gasteiger partial charge in [0, 0.05) is 23.8 Å². The Bertz CT molecular complexity index is 1020. The van der Waals surface area contributed by atoms with E-state index in [0.29, 0.717) is 17.3 Å². The molecule has 144 valence electrons. The predicted molar refractivity (Wildman–Crippen MR) is 110 cm³/mol. The van der Waals surface area contributed by atoms with E-state index in [2.05, 4.69) is 5.10 Å². The van der Waals surface area contributed by atoms with Gasteiger partial charge in [-0.25, -0.2) is 0 Å². The van der Waals surface area contributed by atoms with Crippen molar-refractivity contribution < 1.29 is 14.3 Å². The fourth-order valence-corrected chi connectivity index (χ4v) is 3.04. The number of hydrogen-bond acceptors (Lipinski definition) is 4. The second kappa shape index (κ2) is 8.76. The average Bonchev–Trinajstić information content (AvgIpc) is 3.11. The largest absolute Gasteiger partial charge is 0.496 e. The standard InChI is InChI=1S/C22H21ClN2O3/c1-15-12-18(23)6-9-21(15)28-14-17-13-16(5-8-22(17)27-3)4-7-20(26)19-10-11-24-25(19)2/h4-13H,14H2,1-3H3/b7-4+. The Labute approximate surface area is 169 Å². The fourth-order valence-electron chi connectivity index (χ4n) is 2.82. The molecular weight excluding hydrogens is 376 g/mol. The monoisotopic (exact) mass is 396 g/mol. The van der Waals surface area contributed by atoms with Crippen LogP contribution in [0.1, 0.15) is 27.2 Å². The first-order valence-electron chi connectivity index (χ1n) is 8.74. The van der Waals surface area contributed by atoms with Crippen LogP contribution in [0.25, 0.3) is 6.08 Å². The van der Waals surface area contributed by atoms with Gasteiger partial charge in [0.2, 0.25) is 5.78 Å². The molecule has 1 heterocycles. The number of carbonyl (C=O) groups is 1. The number of ketones is 1. The van der Waals surface area contributed by atoms with Crippen LogP contribution in [0.4, 0.5) is 0 Å². The van der Waals surface area contributed by atoms with E-state index in [4.69, 9.17) is 21.1 Å². The number of halogens is 1. The molecule has 0 aliphatic carbocycles. The van der Waals surface area contributed by atoms with E-state index in [-0.39, 0.29) is 5.78 Å². The molecule has 0 radical (unpaired) electrons. The third-order valence-corrected chi connectivity index (χ3v) is 4.56. The summed E-state index contributed by atoms with van der Waals surface area (Å²) in [6, 6.07) is 12.9. The van der Waals surface area contributed by atoms with Crippen LogP contribution in [0, 0.1) is 6.92 Å². The normalized spacial score (nSPS) is 11.0. The SMILES string of the molecule is COc1ccc(/C=C/C(=O)c2ccnn2C)cc1COc1ccc(Cl)cc1C. The van der Waals surface area contributed by atoms with Gasteiger partial charge in [0.1, 0.15) is 23.8 Å². The topological polar surface area (TPSA) is 53.3 Å². The van der Waals surface area contributed by atoms with Crippen molar-refractivity contribution in [2.24, 2.45) is 7.05 Å². The number of ether oxygens (including phenoxy) is 2. The highest BCUT2D eigenvalue weighted by Crippen LogP contribution is 2.26. The maximum Gasteiger partial charge on any atom is 0.203 e. The Morgan fingerprint density at radius 1 is 1.18 bits per heavy atom. The zero-order chi connectivity index (χ0) is 20.1. The molecule has 0 spiro atoms. The molecule has 0 unspecified atom stereocenters. The molecule has 0 bridgehead atoms. The van der Waals surface area contributed by atoms with Gasteiger partial charge < -0.3 is 9.47 Å². The summed E-state index contributed by atoms with van der Waals surface area (Å²) in [4.78, 5) is 12.3. The van der Waals surface area contributed by atoms with Crippen LogP contribution >= 0.6 is 11.6 Å². The van der Waals surface area contributed by atoms with Gasteiger partial charge in [-0.05, 0) is 60.5 Å². The van der Waals surface area contributed by atoms with Gasteiger partial charge in [-0.3, -0.25) is 9.48 Å². The maximum atomic E-state index is 12.3. The van der Waals surface area contributed by atoms with Crippen LogP contribution < -0.4 is 9.47 Å². The number of rotatable bonds is 7. The predicted octanol–water partition coefficient (Wildman–Crippen LogP) is 4.87. The van der Waals surface area contributed by atoms with Crippen molar-refractivity contribution in [3.8, 4) is 11.5 Å². The lowest BCUT2D eigenvalue weighted by Crippen LogP contribution is -2.04. The minimum Gasteiger partial charge on any atom is -0.496 e. The highest BCUT2D eigenvalue weighted by molar-refractivity contribution is 6.30. The Hall–Kier alpha value is -3.05. The van der Waals surface area contributed by atoms with Gasteiger partial charge in [0.15, 0.2) is 0 Å². The first kappa shape index (κ1) is 19.7. The Morgan fingerprint density at radius 3 is 2.64 bits per heavy atom. The Morgan fingerprint density at radius 2 is 1.96 bits per heavy atom. The maximum absolute atomic E-state index is 12.3. The van der Waals surface area contributed by atoms with Gasteiger partial charge >= 0.3 is 0 Å². The Balaban J connectivity index is 1.77. The van der Waals surface area contributed by atoms with Crippen molar-refractivity contribution in [1.82, 2.24) is 9.78 Å². The third-order valence-electron chi connectivity index (χ3n) is 4.33. The van der Waals surface area contributed by atoms with Crippen LogP contribution in [-0.4, -0.2) is 22.7 Å². The van der Waals surface area contributed by atoms with Crippen LogP contribution in [0.2, 0.25) is 5.02 Å². The fraction of sp³-hybridized carbons (Fsp3) is 0.182. The number of aryl methyl sites for hydroxylation is 2. The summed E-state index contributed by atoms with van der Waals surface area (Å²) >= 11 is 5.99. The van der Waals surface area contributed by atoms with Gasteiger partial charge in [0.25, 0.3) is 0 Å². The molecule has 0 fully saturated rings. The van der Waals surface area contributed by atoms with Crippen molar-refractivity contribution in [3.63, 3.8) is 0 Å². The lowest BCUT2D eigenvalue weighted by atomic mass is 10.1. The molecule has 6 heteroatoms. The molecule has 2 aromatic carbocycles. The van der Waals surface area contributed by atoms with Crippen LogP contribution in [0.5, 0.6) is 11.5 Å². The molecule has 3 rings (SSSR count). The van der Waals surface area contributed by atoms with E-state index in [0.717, 1.165) is 28.2 Å². The number of nitrogens with zero attached hydrogens (tertiary/aromatic N) is 2. The van der Waals surface area contributed by atoms with Gasteiger partial charge in [-0.1, -0.05) is 23.7 Å². The summed E-state index contributed by atoms with van der Waals surface area (Å²) in [6.45, 7) is 2.28. The lowest BCUT2D eigenvalue weighted by molar-refractivity contribution is 0.103. The average molecular weight is 397 g/mol. The van der Waals surface area contributed by atoms with Crippen molar-refractivity contribution >= 4 is 23.5 Å². The minimum atomic E-state index is -0.106. The second-order valence-electron chi connectivity index (χ2n) is 6.31. The number of allylic oxidation sites excluding steroid dienone is 1. The van der Waals surface area contributed by atoms with E-state index >= 15 is 0 Å². The quantitative estimate of drug-likeness (QED) is 0.422. The van der Waals surface area contributed by atoms with Crippen molar-refractivity contribution in [3.05, 3.63) is 82.1 Å². The molecule has 1 aromatic heterocycles. The van der Waals surface area contributed by atoms with Gasteiger partial charge in [-0.2, -0.15) is 5.10 Å². The molecule has 0 atom stereocenters. The minimum absolute atomic E-state index is 0.106.